The fourth-order valence-electron chi connectivity index (χ4n) is 9.10. The fourth-order valence-corrected chi connectivity index (χ4v) is 13.5. The summed E-state index contributed by atoms with van der Waals surface area (Å²) in [7, 11) is -3.37. The summed E-state index contributed by atoms with van der Waals surface area (Å²) in [5, 5.41) is 14.9. The molecular formula is C49H31N9Si. The highest BCUT2D eigenvalue weighted by atomic mass is 28.3. The second kappa shape index (κ2) is 12.7. The van der Waals surface area contributed by atoms with Crippen LogP contribution in [0.25, 0.3) is 67.3 Å². The Morgan fingerprint density at radius 2 is 0.712 bits per heavy atom. The number of hydrogen-bond donors (Lipinski definition) is 0. The van der Waals surface area contributed by atoms with Gasteiger partial charge in [-0.05, 0) is 64.1 Å². The fraction of sp³-hybridized carbons (Fsp3) is 0. The lowest BCUT2D eigenvalue weighted by atomic mass is 10.2. The van der Waals surface area contributed by atoms with Gasteiger partial charge in [-0.15, -0.1) is 0 Å². The number of nitrogens with zero attached hydrogens (tertiary/aromatic N) is 9. The molecule has 0 aliphatic heterocycles. The topological polar surface area (TPSA) is 94.0 Å². The van der Waals surface area contributed by atoms with E-state index in [1.54, 1.807) is 0 Å². The van der Waals surface area contributed by atoms with E-state index in [1.165, 1.54) is 0 Å². The third kappa shape index (κ3) is 4.58. The maximum Gasteiger partial charge on any atom is 0.226 e. The highest BCUT2D eigenvalue weighted by Crippen LogP contribution is 2.34. The zero-order chi connectivity index (χ0) is 39.1. The van der Waals surface area contributed by atoms with Crippen LogP contribution in [0.1, 0.15) is 5.56 Å². The number of hydrogen-bond acceptors (Lipinski definition) is 5. The quantitative estimate of drug-likeness (QED) is 0.132. The summed E-state index contributed by atoms with van der Waals surface area (Å²) in [5.41, 5.74) is 8.20. The van der Waals surface area contributed by atoms with E-state index in [4.69, 9.17) is 19.9 Å². The van der Waals surface area contributed by atoms with E-state index >= 15 is 0 Å². The van der Waals surface area contributed by atoms with Crippen LogP contribution in [0.3, 0.4) is 0 Å². The maximum absolute atomic E-state index is 11.6. The summed E-state index contributed by atoms with van der Waals surface area (Å²) in [6.07, 6.45) is 0. The van der Waals surface area contributed by atoms with Crippen LogP contribution in [0.4, 0.5) is 0 Å². The van der Waals surface area contributed by atoms with Crippen molar-refractivity contribution in [2.75, 3.05) is 0 Å². The predicted molar refractivity (Wildman–Crippen MR) is 237 cm³/mol. The van der Waals surface area contributed by atoms with Gasteiger partial charge in [0.1, 0.15) is 17.1 Å². The molecule has 0 bridgehead atoms. The van der Waals surface area contributed by atoms with Crippen LogP contribution in [0.5, 0.6) is 0 Å². The minimum Gasteiger partial charge on any atom is -0.276 e. The second-order valence-corrected chi connectivity index (χ2v) is 18.3. The maximum atomic E-state index is 11.6. The molecule has 0 unspecified atom stereocenters. The molecule has 12 aromatic rings. The van der Waals surface area contributed by atoms with Crippen LogP contribution in [0.2, 0.25) is 0 Å². The summed E-state index contributed by atoms with van der Waals surface area (Å²) < 4.78 is 8.42. The lowest BCUT2D eigenvalue weighted by molar-refractivity contribution is 0.971. The van der Waals surface area contributed by atoms with E-state index < -0.39 is 8.07 Å². The van der Waals surface area contributed by atoms with E-state index in [-0.39, 0.29) is 0 Å². The number of benzene rings is 7. The molecule has 0 amide bonds. The standard InChI is InChI=1S/C49H31N9Si/c50-32-36-45(57-43-30-16-14-28-41(43)55-39-26-12-10-24-37(39)51-48(55)57)53-47(59(33-18-4-1-5-19-33,34-20-6-2-7-21-34)35-22-8-3-9-23-35)54-46(36)58-44-31-17-15-29-42(44)56-40-27-13-11-25-38(40)52-49(56)58/h1-31H. The molecule has 0 spiro atoms. The highest BCUT2D eigenvalue weighted by molar-refractivity contribution is 7.19. The monoisotopic (exact) mass is 773 g/mol. The van der Waals surface area contributed by atoms with E-state index in [9.17, 15) is 5.26 Å². The average Bonchev–Trinajstić information content (AvgIpc) is 4.04. The van der Waals surface area contributed by atoms with Crippen molar-refractivity contribution in [1.82, 2.24) is 37.9 Å². The zero-order valence-electron chi connectivity index (χ0n) is 31.4. The Labute approximate surface area is 338 Å². The largest absolute Gasteiger partial charge is 0.276 e. The van der Waals surface area contributed by atoms with Gasteiger partial charge >= 0.3 is 0 Å². The Bertz CT molecular complexity index is 3370. The normalized spacial score (nSPS) is 12.1. The lowest BCUT2D eigenvalue weighted by Crippen LogP contribution is -2.76. The van der Waals surface area contributed by atoms with Crippen LogP contribution in [0.15, 0.2) is 188 Å². The van der Waals surface area contributed by atoms with Crippen molar-refractivity contribution in [1.29, 1.82) is 5.26 Å². The minimum atomic E-state index is -3.37. The van der Waals surface area contributed by atoms with Crippen LogP contribution in [0, 0.1) is 11.3 Å². The van der Waals surface area contributed by atoms with Crippen LogP contribution < -0.4 is 21.0 Å². The number of fused-ring (bicyclic) bond motifs is 10. The molecule has 7 aromatic carbocycles. The van der Waals surface area contributed by atoms with E-state index in [1.807, 2.05) is 88.0 Å². The molecule has 10 heteroatoms. The average molecular weight is 774 g/mol. The smallest absolute Gasteiger partial charge is 0.226 e. The number of aromatic nitrogens is 8. The Kier molecular flexibility index (Phi) is 7.11. The second-order valence-electron chi connectivity index (χ2n) is 14.6. The van der Waals surface area contributed by atoms with Gasteiger partial charge in [-0.2, -0.15) is 5.26 Å². The summed E-state index contributed by atoms with van der Waals surface area (Å²) >= 11 is 0. The first kappa shape index (κ1) is 33.0. The van der Waals surface area contributed by atoms with Crippen molar-refractivity contribution < 1.29 is 0 Å². The van der Waals surface area contributed by atoms with Crippen molar-refractivity contribution in [2.45, 2.75) is 0 Å². The van der Waals surface area contributed by atoms with Gasteiger partial charge in [0.25, 0.3) is 0 Å². The van der Waals surface area contributed by atoms with Gasteiger partial charge in [-0.25, -0.2) is 19.9 Å². The van der Waals surface area contributed by atoms with E-state index in [0.29, 0.717) is 34.2 Å². The van der Waals surface area contributed by atoms with Crippen molar-refractivity contribution >= 4 is 84.8 Å². The number of imidazole rings is 4. The van der Waals surface area contributed by atoms with Crippen molar-refractivity contribution in [3.05, 3.63) is 194 Å². The molecule has 0 atom stereocenters. The molecular weight excluding hydrogens is 743 g/mol. The molecule has 0 aliphatic carbocycles. The molecule has 0 radical (unpaired) electrons. The molecule has 0 N–H and O–H groups in total. The van der Waals surface area contributed by atoms with Gasteiger partial charge in [-0.3, -0.25) is 17.9 Å². The zero-order valence-corrected chi connectivity index (χ0v) is 32.4. The highest BCUT2D eigenvalue weighted by Gasteiger charge is 2.46. The Morgan fingerprint density at radius 3 is 1.10 bits per heavy atom. The molecule has 59 heavy (non-hydrogen) atoms. The predicted octanol–water partition coefficient (Wildman–Crippen LogP) is 7.22. The summed E-state index contributed by atoms with van der Waals surface area (Å²) in [4.78, 5) is 21.9. The van der Waals surface area contributed by atoms with Crippen LogP contribution >= 0.6 is 0 Å². The third-order valence-electron chi connectivity index (χ3n) is 11.6. The summed E-state index contributed by atoms with van der Waals surface area (Å²) in [5.74, 6) is 2.20. The molecule has 0 saturated carbocycles. The molecule has 0 aliphatic rings. The Balaban J connectivity index is 1.32. The molecule has 276 valence electrons. The van der Waals surface area contributed by atoms with Gasteiger partial charge in [0, 0.05) is 0 Å². The first-order valence-electron chi connectivity index (χ1n) is 19.5. The van der Waals surface area contributed by atoms with Gasteiger partial charge in [0.15, 0.2) is 11.6 Å². The molecule has 12 rings (SSSR count). The van der Waals surface area contributed by atoms with Crippen LogP contribution in [-0.2, 0) is 0 Å². The Morgan fingerprint density at radius 1 is 0.373 bits per heavy atom. The SMILES string of the molecule is N#Cc1c(-n2c3ccccc3n3c4ccccc4nc23)nc([Si](c2ccccc2)(c2ccccc2)c2ccccc2)nc1-n1c2ccccc2n2c3ccccc3nc12. The molecule has 5 heterocycles. The summed E-state index contributed by atoms with van der Waals surface area (Å²) in [6, 6.07) is 67.2. The number of nitriles is 1. The first-order valence-corrected chi connectivity index (χ1v) is 21.5. The minimum absolute atomic E-state index is 0.302. The number of para-hydroxylation sites is 8. The van der Waals surface area contributed by atoms with E-state index in [2.05, 4.69) is 124 Å². The van der Waals surface area contributed by atoms with E-state index in [0.717, 1.165) is 59.7 Å². The van der Waals surface area contributed by atoms with Crippen LogP contribution in [-0.4, -0.2) is 45.9 Å². The van der Waals surface area contributed by atoms with Gasteiger partial charge in [0.05, 0.1) is 44.1 Å². The lowest BCUT2D eigenvalue weighted by Gasteiger charge is -2.32. The van der Waals surface area contributed by atoms with Crippen molar-refractivity contribution in [2.24, 2.45) is 0 Å². The molecule has 0 saturated heterocycles. The molecule has 0 fully saturated rings. The van der Waals surface area contributed by atoms with Gasteiger partial charge in [-0.1, -0.05) is 140 Å². The molecule has 5 aromatic heterocycles. The Hall–Kier alpha value is -8.13. The third-order valence-corrected chi connectivity index (χ3v) is 16.1. The summed E-state index contributed by atoms with van der Waals surface area (Å²) in [6.45, 7) is 0. The molecule has 9 nitrogen and oxygen atoms in total. The van der Waals surface area contributed by atoms with Crippen molar-refractivity contribution in [3.63, 3.8) is 0 Å². The number of rotatable bonds is 6. The van der Waals surface area contributed by atoms with Crippen molar-refractivity contribution in [3.8, 4) is 17.7 Å². The first-order chi connectivity index (χ1) is 29.3. The van der Waals surface area contributed by atoms with Gasteiger partial charge < -0.3 is 0 Å². The van der Waals surface area contributed by atoms with Gasteiger partial charge in [0.2, 0.25) is 19.6 Å².